The summed E-state index contributed by atoms with van der Waals surface area (Å²) in [6, 6.07) is 9.06. The molecule has 2 N–H and O–H groups in total. The van der Waals surface area contributed by atoms with Gasteiger partial charge < -0.3 is 10.6 Å². The standard InChI is InChI=1S/C20H24N2O4S2/c1-13(2)15-3-5-16(6-4-15)18(23)22-20-17(7-9-27-20)19(24)21-11-14-8-10-28(25,26)12-14/h3-7,9,13-14H,8,10-12H2,1-2H3,(H,21,24)(H,22,23). The van der Waals surface area contributed by atoms with Gasteiger partial charge in [-0.25, -0.2) is 8.42 Å². The van der Waals surface area contributed by atoms with E-state index in [4.69, 9.17) is 0 Å². The summed E-state index contributed by atoms with van der Waals surface area (Å²) in [6.45, 7) is 4.50. The lowest BCUT2D eigenvalue weighted by Gasteiger charge is -2.11. The van der Waals surface area contributed by atoms with Crippen LogP contribution in [0.25, 0.3) is 0 Å². The first-order valence-electron chi connectivity index (χ1n) is 9.22. The molecule has 1 aliphatic rings. The highest BCUT2D eigenvalue weighted by atomic mass is 32.2. The molecule has 1 aliphatic heterocycles. The van der Waals surface area contributed by atoms with Crippen molar-refractivity contribution >= 4 is 38.0 Å². The van der Waals surface area contributed by atoms with E-state index in [1.54, 1.807) is 23.6 Å². The van der Waals surface area contributed by atoms with Gasteiger partial charge in [0.05, 0.1) is 17.1 Å². The van der Waals surface area contributed by atoms with Crippen molar-refractivity contribution in [2.24, 2.45) is 5.92 Å². The average molecular weight is 421 g/mol. The second-order valence-electron chi connectivity index (χ2n) is 7.37. The predicted octanol–water partition coefficient (Wildman–Crippen LogP) is 3.29. The van der Waals surface area contributed by atoms with Crippen LogP contribution in [0.4, 0.5) is 5.00 Å². The quantitative estimate of drug-likeness (QED) is 0.750. The van der Waals surface area contributed by atoms with Crippen molar-refractivity contribution in [3.8, 4) is 0 Å². The monoisotopic (exact) mass is 420 g/mol. The van der Waals surface area contributed by atoms with Crippen LogP contribution in [0.5, 0.6) is 0 Å². The topological polar surface area (TPSA) is 92.3 Å². The molecule has 3 rings (SSSR count). The predicted molar refractivity (Wildman–Crippen MR) is 112 cm³/mol. The number of benzene rings is 1. The lowest BCUT2D eigenvalue weighted by atomic mass is 10.0. The minimum Gasteiger partial charge on any atom is -0.352 e. The van der Waals surface area contributed by atoms with Crippen LogP contribution in [0, 0.1) is 5.92 Å². The zero-order valence-electron chi connectivity index (χ0n) is 15.9. The highest BCUT2D eigenvalue weighted by molar-refractivity contribution is 7.91. The summed E-state index contributed by atoms with van der Waals surface area (Å²) in [4.78, 5) is 25.0. The zero-order valence-corrected chi connectivity index (χ0v) is 17.5. The molecule has 1 fully saturated rings. The van der Waals surface area contributed by atoms with Crippen molar-refractivity contribution in [1.82, 2.24) is 5.32 Å². The summed E-state index contributed by atoms with van der Waals surface area (Å²) in [5.74, 6) is 0.0600. The van der Waals surface area contributed by atoms with Gasteiger partial charge in [0, 0.05) is 12.1 Å². The Morgan fingerprint density at radius 3 is 2.46 bits per heavy atom. The van der Waals surface area contributed by atoms with E-state index < -0.39 is 9.84 Å². The third-order valence-electron chi connectivity index (χ3n) is 4.85. The van der Waals surface area contributed by atoms with Gasteiger partial charge in [0.25, 0.3) is 11.8 Å². The number of anilines is 1. The summed E-state index contributed by atoms with van der Waals surface area (Å²) in [7, 11) is -2.97. The van der Waals surface area contributed by atoms with E-state index in [9.17, 15) is 18.0 Å². The molecular formula is C20H24N2O4S2. The molecule has 2 aromatic rings. The number of hydrogen-bond acceptors (Lipinski definition) is 5. The molecule has 2 heterocycles. The highest BCUT2D eigenvalue weighted by Crippen LogP contribution is 2.25. The molecule has 28 heavy (non-hydrogen) atoms. The van der Waals surface area contributed by atoms with Gasteiger partial charge >= 0.3 is 0 Å². The number of rotatable bonds is 6. The molecule has 6 nitrogen and oxygen atoms in total. The van der Waals surface area contributed by atoms with Gasteiger partial charge in [-0.2, -0.15) is 0 Å². The van der Waals surface area contributed by atoms with Gasteiger partial charge in [-0.3, -0.25) is 9.59 Å². The van der Waals surface area contributed by atoms with Crippen molar-refractivity contribution in [2.45, 2.75) is 26.2 Å². The summed E-state index contributed by atoms with van der Waals surface area (Å²) < 4.78 is 23.0. The first-order valence-corrected chi connectivity index (χ1v) is 11.9. The van der Waals surface area contributed by atoms with E-state index in [1.807, 2.05) is 12.1 Å². The molecule has 1 unspecified atom stereocenters. The lowest BCUT2D eigenvalue weighted by molar-refractivity contribution is 0.0949. The lowest BCUT2D eigenvalue weighted by Crippen LogP contribution is -2.30. The largest absolute Gasteiger partial charge is 0.352 e. The number of thiophene rings is 1. The van der Waals surface area contributed by atoms with E-state index in [2.05, 4.69) is 24.5 Å². The summed E-state index contributed by atoms with van der Waals surface area (Å²) >= 11 is 1.28. The molecular weight excluding hydrogens is 396 g/mol. The van der Waals surface area contributed by atoms with Gasteiger partial charge in [0.15, 0.2) is 9.84 Å². The fraction of sp³-hybridized carbons (Fsp3) is 0.400. The van der Waals surface area contributed by atoms with Crippen molar-refractivity contribution in [2.75, 3.05) is 23.4 Å². The van der Waals surface area contributed by atoms with Crippen LogP contribution in [-0.4, -0.2) is 38.3 Å². The van der Waals surface area contributed by atoms with Crippen LogP contribution in [-0.2, 0) is 9.84 Å². The van der Waals surface area contributed by atoms with Crippen LogP contribution in [0.15, 0.2) is 35.7 Å². The number of nitrogens with one attached hydrogen (secondary N) is 2. The highest BCUT2D eigenvalue weighted by Gasteiger charge is 2.28. The number of hydrogen-bond donors (Lipinski definition) is 2. The zero-order chi connectivity index (χ0) is 20.3. The molecule has 0 radical (unpaired) electrons. The molecule has 1 aromatic heterocycles. The fourth-order valence-electron chi connectivity index (χ4n) is 3.14. The smallest absolute Gasteiger partial charge is 0.256 e. The fourth-order valence-corrected chi connectivity index (χ4v) is 5.79. The first kappa shape index (κ1) is 20.5. The first-order chi connectivity index (χ1) is 13.2. The van der Waals surface area contributed by atoms with Crippen molar-refractivity contribution < 1.29 is 18.0 Å². The number of carbonyl (C=O) groups excluding carboxylic acids is 2. The second kappa shape index (κ2) is 8.45. The average Bonchev–Trinajstić information content (AvgIpc) is 3.25. The minimum atomic E-state index is -2.97. The Balaban J connectivity index is 1.61. The Hall–Kier alpha value is -2.19. The van der Waals surface area contributed by atoms with Crippen LogP contribution in [0.1, 0.15) is 52.5 Å². The molecule has 0 saturated carbocycles. The number of amides is 2. The summed E-state index contributed by atoms with van der Waals surface area (Å²) in [6.07, 6.45) is 0.572. The van der Waals surface area contributed by atoms with Crippen LogP contribution >= 0.6 is 11.3 Å². The third kappa shape index (κ3) is 4.99. The SMILES string of the molecule is CC(C)c1ccc(C(=O)Nc2sccc2C(=O)NCC2CCS(=O)(=O)C2)cc1. The molecule has 2 amide bonds. The Morgan fingerprint density at radius 1 is 1.14 bits per heavy atom. The molecule has 0 aliphatic carbocycles. The van der Waals surface area contributed by atoms with Crippen LogP contribution in [0.2, 0.25) is 0 Å². The van der Waals surface area contributed by atoms with Crippen LogP contribution in [0.3, 0.4) is 0 Å². The van der Waals surface area contributed by atoms with Crippen molar-refractivity contribution in [3.05, 3.63) is 52.4 Å². The van der Waals surface area contributed by atoms with Crippen LogP contribution < -0.4 is 10.6 Å². The third-order valence-corrected chi connectivity index (χ3v) is 7.52. The van der Waals surface area contributed by atoms with Crippen molar-refractivity contribution in [3.63, 3.8) is 0 Å². The molecule has 1 saturated heterocycles. The molecule has 150 valence electrons. The molecule has 0 spiro atoms. The maximum Gasteiger partial charge on any atom is 0.256 e. The molecule has 1 atom stereocenters. The molecule has 0 bridgehead atoms. The molecule has 1 aromatic carbocycles. The van der Waals surface area contributed by atoms with E-state index in [1.165, 1.54) is 11.3 Å². The van der Waals surface area contributed by atoms with E-state index in [0.717, 1.165) is 5.56 Å². The van der Waals surface area contributed by atoms with Gasteiger partial charge in [-0.15, -0.1) is 11.3 Å². The van der Waals surface area contributed by atoms with Gasteiger partial charge in [-0.1, -0.05) is 26.0 Å². The summed E-state index contributed by atoms with van der Waals surface area (Å²) in [5, 5.41) is 7.81. The van der Waals surface area contributed by atoms with Gasteiger partial charge in [-0.05, 0) is 47.4 Å². The minimum absolute atomic E-state index is 0.0508. The molecule has 8 heteroatoms. The Kier molecular flexibility index (Phi) is 6.20. The van der Waals surface area contributed by atoms with E-state index in [0.29, 0.717) is 35.0 Å². The Morgan fingerprint density at radius 2 is 1.86 bits per heavy atom. The Labute approximate surface area is 169 Å². The summed E-state index contributed by atoms with van der Waals surface area (Å²) in [5.41, 5.74) is 2.07. The van der Waals surface area contributed by atoms with Gasteiger partial charge in [0.2, 0.25) is 0 Å². The number of carbonyl (C=O) groups is 2. The second-order valence-corrected chi connectivity index (χ2v) is 10.5. The maximum absolute atomic E-state index is 12.5. The Bertz CT molecular complexity index is 962. The van der Waals surface area contributed by atoms with E-state index in [-0.39, 0.29) is 29.2 Å². The van der Waals surface area contributed by atoms with E-state index >= 15 is 0 Å². The maximum atomic E-state index is 12.5. The normalized spacial score (nSPS) is 18.2. The van der Waals surface area contributed by atoms with Gasteiger partial charge in [0.1, 0.15) is 5.00 Å². The van der Waals surface area contributed by atoms with Crippen molar-refractivity contribution in [1.29, 1.82) is 0 Å². The number of sulfone groups is 1.